The standard InChI is InChI=1S/C24H19IN4O3S/c25-18-10-14(8-9-19(18)30)12-27-28-22(31)15-4-3-5-16(11-15)29-13-26-23-21(24(29)32)17-6-1-2-7-20(17)33-23/h3-5,8-13,30H,1-2,6-7H2,(H,28,31)/b27-12+. The molecular weight excluding hydrogens is 551 g/mol. The van der Waals surface area contributed by atoms with Crippen LogP contribution in [-0.4, -0.2) is 26.8 Å². The number of aromatic nitrogens is 2. The number of hydrazone groups is 1. The Morgan fingerprint density at radius 3 is 2.91 bits per heavy atom. The maximum absolute atomic E-state index is 13.3. The number of hydrogen-bond donors (Lipinski definition) is 2. The van der Waals surface area contributed by atoms with E-state index in [0.717, 1.165) is 41.6 Å². The number of rotatable bonds is 4. The van der Waals surface area contributed by atoms with Crippen molar-refractivity contribution in [3.8, 4) is 11.4 Å². The summed E-state index contributed by atoms with van der Waals surface area (Å²) in [6.07, 6.45) is 7.21. The zero-order valence-corrected chi connectivity index (χ0v) is 20.4. The van der Waals surface area contributed by atoms with Crippen LogP contribution in [0.4, 0.5) is 0 Å². The van der Waals surface area contributed by atoms with Gasteiger partial charge >= 0.3 is 0 Å². The Labute approximate surface area is 206 Å². The first-order valence-electron chi connectivity index (χ1n) is 10.5. The number of phenolic OH excluding ortho intramolecular Hbond substituents is 1. The number of halogens is 1. The van der Waals surface area contributed by atoms with Crippen molar-refractivity contribution in [2.45, 2.75) is 25.7 Å². The summed E-state index contributed by atoms with van der Waals surface area (Å²) >= 11 is 3.64. The lowest BCUT2D eigenvalue weighted by molar-refractivity contribution is 0.0955. The van der Waals surface area contributed by atoms with Crippen LogP contribution in [-0.2, 0) is 12.8 Å². The molecule has 0 radical (unpaired) electrons. The highest BCUT2D eigenvalue weighted by molar-refractivity contribution is 14.1. The highest BCUT2D eigenvalue weighted by atomic mass is 127. The summed E-state index contributed by atoms with van der Waals surface area (Å²) in [4.78, 5) is 32.5. The van der Waals surface area contributed by atoms with Gasteiger partial charge < -0.3 is 5.11 Å². The van der Waals surface area contributed by atoms with Gasteiger partial charge in [-0.05, 0) is 95.8 Å². The second-order valence-electron chi connectivity index (χ2n) is 7.77. The highest BCUT2D eigenvalue weighted by Crippen LogP contribution is 2.33. The lowest BCUT2D eigenvalue weighted by Crippen LogP contribution is -2.21. The normalized spacial score (nSPS) is 13.4. The van der Waals surface area contributed by atoms with Crippen molar-refractivity contribution in [3.63, 3.8) is 0 Å². The van der Waals surface area contributed by atoms with Gasteiger partial charge in [0.15, 0.2) is 0 Å². The summed E-state index contributed by atoms with van der Waals surface area (Å²) in [5, 5.41) is 14.3. The van der Waals surface area contributed by atoms with E-state index < -0.39 is 5.91 Å². The first-order valence-corrected chi connectivity index (χ1v) is 12.3. The van der Waals surface area contributed by atoms with Crippen molar-refractivity contribution < 1.29 is 9.90 Å². The number of aryl methyl sites for hydroxylation is 2. The van der Waals surface area contributed by atoms with Crippen LogP contribution in [0.5, 0.6) is 5.75 Å². The van der Waals surface area contributed by atoms with Crippen molar-refractivity contribution in [1.82, 2.24) is 15.0 Å². The second-order valence-corrected chi connectivity index (χ2v) is 10.0. The van der Waals surface area contributed by atoms with Crippen LogP contribution >= 0.6 is 33.9 Å². The number of aromatic hydroxyl groups is 1. The van der Waals surface area contributed by atoms with Crippen LogP contribution in [0.2, 0.25) is 0 Å². The van der Waals surface area contributed by atoms with Gasteiger partial charge in [-0.25, -0.2) is 10.4 Å². The summed E-state index contributed by atoms with van der Waals surface area (Å²) in [6, 6.07) is 11.9. The fourth-order valence-electron chi connectivity index (χ4n) is 3.96. The van der Waals surface area contributed by atoms with Crippen LogP contribution in [0.15, 0.2) is 58.7 Å². The predicted molar refractivity (Wildman–Crippen MR) is 138 cm³/mol. The fraction of sp³-hybridized carbons (Fsp3) is 0.167. The Kier molecular flexibility index (Phi) is 5.98. The number of phenols is 1. The molecule has 1 amide bonds. The number of nitrogens with zero attached hydrogens (tertiary/aromatic N) is 3. The molecule has 0 saturated carbocycles. The van der Waals surface area contributed by atoms with E-state index in [1.54, 1.807) is 53.8 Å². The number of fused-ring (bicyclic) bond motifs is 3. The first kappa shape index (κ1) is 21.8. The number of hydrogen-bond acceptors (Lipinski definition) is 6. The van der Waals surface area contributed by atoms with Gasteiger partial charge in [0.25, 0.3) is 11.5 Å². The van der Waals surface area contributed by atoms with Crippen LogP contribution < -0.4 is 11.0 Å². The molecule has 1 aliphatic carbocycles. The molecule has 0 fully saturated rings. The number of amides is 1. The van der Waals surface area contributed by atoms with E-state index in [9.17, 15) is 14.7 Å². The van der Waals surface area contributed by atoms with E-state index in [-0.39, 0.29) is 11.3 Å². The van der Waals surface area contributed by atoms with Crippen molar-refractivity contribution in [3.05, 3.63) is 84.3 Å². The van der Waals surface area contributed by atoms with Crippen molar-refractivity contribution in [2.75, 3.05) is 0 Å². The van der Waals surface area contributed by atoms with E-state index in [1.807, 2.05) is 22.6 Å². The largest absolute Gasteiger partial charge is 0.507 e. The summed E-state index contributed by atoms with van der Waals surface area (Å²) in [5.41, 5.74) is 5.25. The molecule has 0 aliphatic heterocycles. The Morgan fingerprint density at radius 1 is 1.21 bits per heavy atom. The van der Waals surface area contributed by atoms with Gasteiger partial charge in [0.2, 0.25) is 0 Å². The molecule has 2 aromatic heterocycles. The Morgan fingerprint density at radius 2 is 2.06 bits per heavy atom. The Hall–Kier alpha value is -3.05. The number of carbonyl (C=O) groups is 1. The molecule has 166 valence electrons. The molecule has 0 bridgehead atoms. The maximum Gasteiger partial charge on any atom is 0.271 e. The lowest BCUT2D eigenvalue weighted by Gasteiger charge is -2.11. The molecule has 0 unspecified atom stereocenters. The molecule has 33 heavy (non-hydrogen) atoms. The van der Waals surface area contributed by atoms with Crippen molar-refractivity contribution in [2.24, 2.45) is 5.10 Å². The average molecular weight is 570 g/mol. The second kappa shape index (κ2) is 9.06. The van der Waals surface area contributed by atoms with Gasteiger partial charge in [0.05, 0.1) is 20.9 Å². The summed E-state index contributed by atoms with van der Waals surface area (Å²) < 4.78 is 2.20. The molecule has 0 saturated heterocycles. The smallest absolute Gasteiger partial charge is 0.271 e. The number of nitrogens with one attached hydrogen (secondary N) is 1. The first-order chi connectivity index (χ1) is 16.0. The summed E-state index contributed by atoms with van der Waals surface area (Å²) in [6.45, 7) is 0. The molecule has 2 aromatic carbocycles. The lowest BCUT2D eigenvalue weighted by atomic mass is 9.97. The zero-order chi connectivity index (χ0) is 22.9. The number of thiophene rings is 1. The SMILES string of the molecule is O=C(N/N=C/c1ccc(O)c(I)c1)c1cccc(-n2cnc3sc4c(c3c2=O)CCCC4)c1. The third kappa shape index (κ3) is 4.30. The minimum Gasteiger partial charge on any atom is -0.507 e. The van der Waals surface area contributed by atoms with Crippen LogP contribution in [0, 0.1) is 3.57 Å². The molecule has 2 heterocycles. The molecule has 0 spiro atoms. The number of benzene rings is 2. The van der Waals surface area contributed by atoms with Gasteiger partial charge in [-0.3, -0.25) is 14.2 Å². The molecular formula is C24H19IN4O3S. The minimum atomic E-state index is -0.392. The molecule has 7 nitrogen and oxygen atoms in total. The third-order valence-corrected chi connectivity index (χ3v) is 7.68. The zero-order valence-electron chi connectivity index (χ0n) is 17.4. The summed E-state index contributed by atoms with van der Waals surface area (Å²) in [5.74, 6) is -0.198. The summed E-state index contributed by atoms with van der Waals surface area (Å²) in [7, 11) is 0. The van der Waals surface area contributed by atoms with Gasteiger partial charge in [-0.2, -0.15) is 5.10 Å². The van der Waals surface area contributed by atoms with Crippen molar-refractivity contribution >= 4 is 56.3 Å². The molecule has 0 atom stereocenters. The molecule has 9 heteroatoms. The van der Waals surface area contributed by atoms with E-state index in [1.165, 1.54) is 22.0 Å². The van der Waals surface area contributed by atoms with E-state index in [4.69, 9.17) is 0 Å². The fourth-order valence-corrected chi connectivity index (χ4v) is 5.72. The van der Waals surface area contributed by atoms with Gasteiger partial charge in [0.1, 0.15) is 16.9 Å². The number of carbonyl (C=O) groups excluding carboxylic acids is 1. The molecule has 5 rings (SSSR count). The molecule has 1 aliphatic rings. The Bertz CT molecular complexity index is 1470. The van der Waals surface area contributed by atoms with Crippen LogP contribution in [0.25, 0.3) is 15.9 Å². The third-order valence-electron chi connectivity index (χ3n) is 5.61. The highest BCUT2D eigenvalue weighted by Gasteiger charge is 2.20. The Balaban J connectivity index is 1.41. The maximum atomic E-state index is 13.3. The molecule has 4 aromatic rings. The monoisotopic (exact) mass is 570 g/mol. The predicted octanol–water partition coefficient (Wildman–Crippen LogP) is 4.40. The van der Waals surface area contributed by atoms with Gasteiger partial charge in [-0.1, -0.05) is 6.07 Å². The topological polar surface area (TPSA) is 96.6 Å². The van der Waals surface area contributed by atoms with Crippen LogP contribution in [0.3, 0.4) is 0 Å². The van der Waals surface area contributed by atoms with E-state index in [0.29, 0.717) is 20.2 Å². The van der Waals surface area contributed by atoms with Crippen molar-refractivity contribution in [1.29, 1.82) is 0 Å². The van der Waals surface area contributed by atoms with E-state index >= 15 is 0 Å². The van der Waals surface area contributed by atoms with E-state index in [2.05, 4.69) is 15.5 Å². The van der Waals surface area contributed by atoms with Crippen LogP contribution in [0.1, 0.15) is 39.2 Å². The minimum absolute atomic E-state index is 0.100. The quantitative estimate of drug-likeness (QED) is 0.216. The van der Waals surface area contributed by atoms with Gasteiger partial charge in [0, 0.05) is 10.4 Å². The van der Waals surface area contributed by atoms with Gasteiger partial charge in [-0.15, -0.1) is 11.3 Å². The average Bonchev–Trinajstić information content (AvgIpc) is 3.21. The molecule has 2 N–H and O–H groups in total.